The fraction of sp³-hybridized carbons (Fsp3) is 0.118. The Morgan fingerprint density at radius 2 is 1.70 bits per heavy atom. The number of hydrogen-bond donors (Lipinski definition) is 0. The number of allylic oxidation sites excluding steroid dienone is 1. The van der Waals surface area contributed by atoms with Gasteiger partial charge in [-0.05, 0) is 109 Å². The van der Waals surface area contributed by atoms with Gasteiger partial charge in [0.15, 0.2) is 4.80 Å². The van der Waals surface area contributed by atoms with Gasteiger partial charge in [-0.25, -0.2) is 4.99 Å². The zero-order valence-corrected chi connectivity index (χ0v) is 29.9. The van der Waals surface area contributed by atoms with E-state index in [0.717, 1.165) is 54.2 Å². The molecule has 1 aromatic heterocycles. The van der Waals surface area contributed by atoms with Crippen LogP contribution in [0.4, 0.5) is 0 Å². The molecule has 10 heteroatoms. The molecule has 0 N–H and O–H groups in total. The second kappa shape index (κ2) is 12.4. The standard InChI is InChI=1S/C34H21Br3Cl2N2O2S/c35-22-9-5-20(6-10-22)31-25-12-8-19-3-1-2-4-24(19)30(25)40-34-41(31)33(42)29(44-34)15-18-13-26(36)32(27(37)14-18)43-17-21-7-11-23(38)16-28(21)39/h1-7,9-11,13-16,31H,8,12,17H2/b29-15-/t31-/m0/s1. The first-order chi connectivity index (χ1) is 21.3. The summed E-state index contributed by atoms with van der Waals surface area (Å²) in [5.41, 5.74) is 7.28. The van der Waals surface area contributed by atoms with Crippen LogP contribution < -0.4 is 19.6 Å². The minimum absolute atomic E-state index is 0.0583. The summed E-state index contributed by atoms with van der Waals surface area (Å²) >= 11 is 24.7. The van der Waals surface area contributed by atoms with E-state index in [1.54, 1.807) is 12.1 Å². The minimum Gasteiger partial charge on any atom is -0.486 e. The average Bonchev–Trinajstić information content (AvgIpc) is 3.31. The summed E-state index contributed by atoms with van der Waals surface area (Å²) in [6.45, 7) is 0.273. The van der Waals surface area contributed by atoms with Gasteiger partial charge in [-0.3, -0.25) is 9.36 Å². The van der Waals surface area contributed by atoms with Crippen LogP contribution in [0.2, 0.25) is 10.0 Å². The lowest BCUT2D eigenvalue weighted by Gasteiger charge is -2.30. The molecule has 2 aliphatic rings. The maximum atomic E-state index is 14.1. The van der Waals surface area contributed by atoms with E-state index in [0.29, 0.717) is 25.1 Å². The van der Waals surface area contributed by atoms with E-state index >= 15 is 0 Å². The maximum Gasteiger partial charge on any atom is 0.271 e. The highest BCUT2D eigenvalue weighted by molar-refractivity contribution is 9.11. The van der Waals surface area contributed by atoms with E-state index in [4.69, 9.17) is 32.9 Å². The smallest absolute Gasteiger partial charge is 0.271 e. The van der Waals surface area contributed by atoms with Crippen molar-refractivity contribution >= 4 is 94.1 Å². The monoisotopic (exact) mass is 828 g/mol. The summed E-state index contributed by atoms with van der Waals surface area (Å²) in [7, 11) is 0. The molecule has 1 atom stereocenters. The van der Waals surface area contributed by atoms with Crippen LogP contribution in [-0.2, 0) is 13.0 Å². The molecule has 2 heterocycles. The van der Waals surface area contributed by atoms with Crippen molar-refractivity contribution in [3.8, 4) is 5.75 Å². The number of benzene rings is 4. The number of thiazole rings is 1. The lowest BCUT2D eigenvalue weighted by atomic mass is 9.83. The fourth-order valence-corrected chi connectivity index (χ4v) is 8.89. The van der Waals surface area contributed by atoms with Crippen molar-refractivity contribution in [1.29, 1.82) is 0 Å². The van der Waals surface area contributed by atoms with Gasteiger partial charge in [0.05, 0.1) is 25.2 Å². The molecule has 0 amide bonds. The number of aryl methyl sites for hydroxylation is 1. The molecule has 0 bridgehead atoms. The van der Waals surface area contributed by atoms with Gasteiger partial charge < -0.3 is 4.74 Å². The van der Waals surface area contributed by atoms with Gasteiger partial charge in [-0.1, -0.05) is 92.9 Å². The molecule has 1 aliphatic carbocycles. The van der Waals surface area contributed by atoms with Gasteiger partial charge in [-0.2, -0.15) is 0 Å². The van der Waals surface area contributed by atoms with Crippen molar-refractivity contribution in [1.82, 2.24) is 4.57 Å². The Morgan fingerprint density at radius 3 is 2.45 bits per heavy atom. The van der Waals surface area contributed by atoms with Gasteiger partial charge >= 0.3 is 0 Å². The highest BCUT2D eigenvalue weighted by Gasteiger charge is 2.32. The quantitative estimate of drug-likeness (QED) is 0.177. The lowest BCUT2D eigenvalue weighted by Crippen LogP contribution is -2.38. The molecule has 0 saturated heterocycles. The summed E-state index contributed by atoms with van der Waals surface area (Å²) in [5.74, 6) is 0.635. The zero-order chi connectivity index (χ0) is 30.5. The van der Waals surface area contributed by atoms with Crippen LogP contribution in [0, 0.1) is 0 Å². The topological polar surface area (TPSA) is 43.6 Å². The van der Waals surface area contributed by atoms with Crippen molar-refractivity contribution < 1.29 is 4.74 Å². The van der Waals surface area contributed by atoms with E-state index in [2.05, 4.69) is 84.2 Å². The number of aromatic nitrogens is 1. The molecule has 4 aromatic carbocycles. The van der Waals surface area contributed by atoms with Gasteiger partial charge in [0.25, 0.3) is 5.56 Å². The van der Waals surface area contributed by atoms with E-state index < -0.39 is 0 Å². The molecule has 4 nitrogen and oxygen atoms in total. The molecule has 0 saturated carbocycles. The molecule has 5 aromatic rings. The Kier molecular flexibility index (Phi) is 8.50. The van der Waals surface area contributed by atoms with Crippen LogP contribution in [0.1, 0.15) is 40.3 Å². The maximum absolute atomic E-state index is 14.1. The van der Waals surface area contributed by atoms with Gasteiger partial charge in [-0.15, -0.1) is 0 Å². The van der Waals surface area contributed by atoms with E-state index in [1.807, 2.05) is 41.0 Å². The summed E-state index contributed by atoms with van der Waals surface area (Å²) in [6.07, 6.45) is 3.68. The predicted octanol–water partition coefficient (Wildman–Crippen LogP) is 9.49. The third kappa shape index (κ3) is 5.70. The van der Waals surface area contributed by atoms with Crippen molar-refractivity contribution in [2.24, 2.45) is 4.99 Å². The Hall–Kier alpha value is -2.46. The summed E-state index contributed by atoms with van der Waals surface area (Å²) in [6, 6.07) is 25.7. The molecular formula is C34H21Br3Cl2N2O2S. The van der Waals surface area contributed by atoms with Crippen LogP contribution in [0.5, 0.6) is 5.75 Å². The van der Waals surface area contributed by atoms with Crippen LogP contribution >= 0.6 is 82.3 Å². The third-order valence-electron chi connectivity index (χ3n) is 7.76. The molecule has 0 radical (unpaired) electrons. The fourth-order valence-electron chi connectivity index (χ4n) is 5.71. The summed E-state index contributed by atoms with van der Waals surface area (Å²) < 4.78 is 11.1. The van der Waals surface area contributed by atoms with E-state index in [9.17, 15) is 4.79 Å². The molecular weight excluding hydrogens is 811 g/mol. The van der Waals surface area contributed by atoms with Crippen LogP contribution in [-0.4, -0.2) is 4.57 Å². The SMILES string of the molecule is O=c1/c(=C/c2cc(Br)c(OCc3ccc(Cl)cc3Cl)c(Br)c2)sc2n1[C@@H](c1ccc(Br)cc1)C1=C(N=2)c2ccccc2CC1. The van der Waals surface area contributed by atoms with Gasteiger partial charge in [0.1, 0.15) is 12.4 Å². The first kappa shape index (κ1) is 30.2. The predicted molar refractivity (Wildman–Crippen MR) is 190 cm³/mol. The first-order valence-electron chi connectivity index (χ1n) is 13.7. The number of ether oxygens (including phenoxy) is 1. The Labute approximate surface area is 292 Å². The Balaban J connectivity index is 1.30. The van der Waals surface area contributed by atoms with Gasteiger partial charge in [0, 0.05) is 25.6 Å². The lowest BCUT2D eigenvalue weighted by molar-refractivity contribution is 0.302. The molecule has 0 unspecified atom stereocenters. The minimum atomic E-state index is -0.223. The average molecular weight is 832 g/mol. The molecule has 0 fully saturated rings. The first-order valence-corrected chi connectivity index (χ1v) is 17.7. The van der Waals surface area contributed by atoms with E-state index in [-0.39, 0.29) is 18.2 Å². The number of halogens is 5. The molecule has 7 rings (SSSR count). The van der Waals surface area contributed by atoms with Crippen molar-refractivity contribution in [3.63, 3.8) is 0 Å². The highest BCUT2D eigenvalue weighted by atomic mass is 79.9. The molecule has 44 heavy (non-hydrogen) atoms. The number of nitrogens with zero attached hydrogens (tertiary/aromatic N) is 2. The number of fused-ring (bicyclic) bond motifs is 3. The van der Waals surface area contributed by atoms with Crippen molar-refractivity contribution in [2.45, 2.75) is 25.5 Å². The third-order valence-corrected chi connectivity index (χ3v) is 11.0. The van der Waals surface area contributed by atoms with Crippen LogP contribution in [0.25, 0.3) is 11.8 Å². The van der Waals surface area contributed by atoms with Gasteiger partial charge in [0.2, 0.25) is 0 Å². The van der Waals surface area contributed by atoms with E-state index in [1.165, 1.54) is 22.5 Å². The molecule has 1 aliphatic heterocycles. The normalized spacial score (nSPS) is 15.8. The summed E-state index contributed by atoms with van der Waals surface area (Å²) in [4.78, 5) is 19.9. The Morgan fingerprint density at radius 1 is 0.955 bits per heavy atom. The molecule has 220 valence electrons. The number of rotatable bonds is 5. The van der Waals surface area contributed by atoms with Crippen molar-refractivity contribution in [2.75, 3.05) is 0 Å². The van der Waals surface area contributed by atoms with Crippen molar-refractivity contribution in [3.05, 3.63) is 155 Å². The highest BCUT2D eigenvalue weighted by Crippen LogP contribution is 2.41. The van der Waals surface area contributed by atoms with Crippen LogP contribution in [0.15, 0.2) is 108 Å². The largest absolute Gasteiger partial charge is 0.486 e. The zero-order valence-electron chi connectivity index (χ0n) is 22.8. The second-order valence-electron chi connectivity index (χ2n) is 10.5. The van der Waals surface area contributed by atoms with Crippen LogP contribution in [0.3, 0.4) is 0 Å². The molecule has 0 spiro atoms. The summed E-state index contributed by atoms with van der Waals surface area (Å²) in [5, 5.41) is 1.12. The second-order valence-corrected chi connectivity index (χ2v) is 15.0. The Bertz CT molecular complexity index is 2150. The number of hydrogen-bond acceptors (Lipinski definition) is 4.